The number of carbonyl (C=O) groups is 2. The van der Waals surface area contributed by atoms with Crippen molar-refractivity contribution in [1.29, 1.82) is 0 Å². The third-order valence-electron chi connectivity index (χ3n) is 5.56. The van der Waals surface area contributed by atoms with E-state index in [9.17, 15) is 18.0 Å². The predicted molar refractivity (Wildman–Crippen MR) is 120 cm³/mol. The van der Waals surface area contributed by atoms with Crippen LogP contribution in [0, 0.1) is 5.92 Å². The molecule has 0 radical (unpaired) electrons. The molecule has 2 aromatic rings. The molecule has 166 valence electrons. The van der Waals surface area contributed by atoms with Gasteiger partial charge < -0.3 is 10.6 Å². The molecule has 2 N–H and O–H groups in total. The minimum absolute atomic E-state index is 0.0198. The summed E-state index contributed by atoms with van der Waals surface area (Å²) < 4.78 is 27.2. The summed E-state index contributed by atoms with van der Waals surface area (Å²) in [5, 5.41) is 5.75. The number of anilines is 1. The molecule has 3 rings (SSSR count). The van der Waals surface area contributed by atoms with Crippen molar-refractivity contribution in [1.82, 2.24) is 9.62 Å². The molecule has 1 aliphatic rings. The Labute approximate surface area is 183 Å². The van der Waals surface area contributed by atoms with Gasteiger partial charge in [0.05, 0.1) is 22.1 Å². The van der Waals surface area contributed by atoms with Crippen LogP contribution in [0.2, 0.25) is 0 Å². The molecule has 0 bridgehead atoms. The fraction of sp³-hybridized carbons (Fsp3) is 0.391. The number of sulfonamides is 1. The van der Waals surface area contributed by atoms with E-state index in [-0.39, 0.29) is 29.3 Å². The normalized spacial score (nSPS) is 18.2. The van der Waals surface area contributed by atoms with Crippen molar-refractivity contribution < 1.29 is 18.0 Å². The second kappa shape index (κ2) is 10.1. The Bertz CT molecular complexity index is 1020. The number of para-hydroxylation sites is 1. The van der Waals surface area contributed by atoms with Gasteiger partial charge in [0.25, 0.3) is 5.91 Å². The van der Waals surface area contributed by atoms with Crippen LogP contribution in [0.5, 0.6) is 0 Å². The highest BCUT2D eigenvalue weighted by atomic mass is 32.2. The molecule has 1 heterocycles. The zero-order chi connectivity index (χ0) is 22.4. The van der Waals surface area contributed by atoms with Gasteiger partial charge in [0, 0.05) is 19.1 Å². The summed E-state index contributed by atoms with van der Waals surface area (Å²) in [4.78, 5) is 25.8. The van der Waals surface area contributed by atoms with Gasteiger partial charge in [-0.3, -0.25) is 9.59 Å². The Balaban J connectivity index is 1.72. The van der Waals surface area contributed by atoms with E-state index in [4.69, 9.17) is 0 Å². The maximum atomic E-state index is 13.0. The van der Waals surface area contributed by atoms with Gasteiger partial charge >= 0.3 is 0 Å². The fourth-order valence-electron chi connectivity index (χ4n) is 3.54. The molecule has 1 aliphatic heterocycles. The molecule has 1 fully saturated rings. The molecule has 2 amide bonds. The van der Waals surface area contributed by atoms with Crippen LogP contribution in [0.15, 0.2) is 59.5 Å². The first kappa shape index (κ1) is 23.0. The Morgan fingerprint density at radius 3 is 2.48 bits per heavy atom. The molecule has 2 aromatic carbocycles. The van der Waals surface area contributed by atoms with E-state index < -0.39 is 15.9 Å². The van der Waals surface area contributed by atoms with Gasteiger partial charge in [-0.15, -0.1) is 0 Å². The van der Waals surface area contributed by atoms with Gasteiger partial charge in [-0.05, 0) is 50.5 Å². The monoisotopic (exact) mass is 443 g/mol. The number of rotatable bonds is 7. The topological polar surface area (TPSA) is 95.6 Å². The third-order valence-corrected chi connectivity index (χ3v) is 7.43. The first-order valence-corrected chi connectivity index (χ1v) is 12.0. The van der Waals surface area contributed by atoms with Gasteiger partial charge in [-0.25, -0.2) is 8.42 Å². The lowest BCUT2D eigenvalue weighted by Gasteiger charge is -2.31. The highest BCUT2D eigenvalue weighted by Crippen LogP contribution is 2.25. The number of hydrogen-bond acceptors (Lipinski definition) is 4. The van der Waals surface area contributed by atoms with E-state index >= 15 is 0 Å². The minimum atomic E-state index is -3.65. The molecule has 31 heavy (non-hydrogen) atoms. The predicted octanol–water partition coefficient (Wildman–Crippen LogP) is 3.25. The van der Waals surface area contributed by atoms with Crippen LogP contribution in [-0.4, -0.2) is 43.7 Å². The van der Waals surface area contributed by atoms with Crippen LogP contribution in [0.1, 0.15) is 43.5 Å². The largest absolute Gasteiger partial charge is 0.350 e. The number of piperidine rings is 1. The zero-order valence-corrected chi connectivity index (χ0v) is 18.7. The average molecular weight is 444 g/mol. The lowest BCUT2D eigenvalue weighted by molar-refractivity contribution is -0.120. The second-order valence-corrected chi connectivity index (χ2v) is 9.77. The molecular formula is C23H29N3O4S. The van der Waals surface area contributed by atoms with Crippen LogP contribution < -0.4 is 10.6 Å². The van der Waals surface area contributed by atoms with Crippen LogP contribution in [-0.2, 0) is 14.8 Å². The van der Waals surface area contributed by atoms with Crippen molar-refractivity contribution in [2.24, 2.45) is 5.92 Å². The molecule has 2 atom stereocenters. The Morgan fingerprint density at radius 2 is 1.77 bits per heavy atom. The number of benzene rings is 2. The van der Waals surface area contributed by atoms with Gasteiger partial charge in [0.1, 0.15) is 0 Å². The number of amides is 2. The van der Waals surface area contributed by atoms with E-state index in [1.54, 1.807) is 54.6 Å². The molecule has 8 heteroatoms. The summed E-state index contributed by atoms with van der Waals surface area (Å²) >= 11 is 0. The molecule has 0 unspecified atom stereocenters. The van der Waals surface area contributed by atoms with Gasteiger partial charge in [0.2, 0.25) is 15.9 Å². The SMILES string of the molecule is CC[C@@H](C)NC(=O)c1ccccc1NC(=O)[C@@H]1CCCN(S(=O)(=O)c2ccccc2)C1. The lowest BCUT2D eigenvalue weighted by Crippen LogP contribution is -2.43. The quantitative estimate of drug-likeness (QED) is 0.687. The molecular weight excluding hydrogens is 414 g/mol. The molecule has 0 saturated carbocycles. The van der Waals surface area contributed by atoms with E-state index in [1.165, 1.54) is 4.31 Å². The van der Waals surface area contributed by atoms with Crippen molar-refractivity contribution in [3.8, 4) is 0 Å². The first-order valence-electron chi connectivity index (χ1n) is 10.6. The van der Waals surface area contributed by atoms with Crippen molar-refractivity contribution in [2.75, 3.05) is 18.4 Å². The van der Waals surface area contributed by atoms with Crippen LogP contribution in [0.25, 0.3) is 0 Å². The van der Waals surface area contributed by atoms with Gasteiger partial charge in [-0.1, -0.05) is 37.3 Å². The maximum absolute atomic E-state index is 13.0. The Morgan fingerprint density at radius 1 is 1.10 bits per heavy atom. The fourth-order valence-corrected chi connectivity index (χ4v) is 5.09. The Kier molecular flexibility index (Phi) is 7.46. The summed E-state index contributed by atoms with van der Waals surface area (Å²) in [7, 11) is -3.65. The molecule has 7 nitrogen and oxygen atoms in total. The first-order chi connectivity index (χ1) is 14.8. The molecule has 0 spiro atoms. The molecule has 0 aliphatic carbocycles. The smallest absolute Gasteiger partial charge is 0.253 e. The van der Waals surface area contributed by atoms with E-state index in [0.29, 0.717) is 30.6 Å². The van der Waals surface area contributed by atoms with Crippen molar-refractivity contribution >= 4 is 27.5 Å². The number of nitrogens with one attached hydrogen (secondary N) is 2. The van der Waals surface area contributed by atoms with Crippen LogP contribution >= 0.6 is 0 Å². The summed E-state index contributed by atoms with van der Waals surface area (Å²) in [5.74, 6) is -1.02. The van der Waals surface area contributed by atoms with E-state index in [2.05, 4.69) is 10.6 Å². The summed E-state index contributed by atoms with van der Waals surface area (Å²) in [6.07, 6.45) is 1.99. The molecule has 0 aromatic heterocycles. The number of hydrogen-bond donors (Lipinski definition) is 2. The highest BCUT2D eigenvalue weighted by Gasteiger charge is 2.33. The maximum Gasteiger partial charge on any atom is 0.253 e. The lowest BCUT2D eigenvalue weighted by atomic mass is 9.98. The Hall–Kier alpha value is -2.71. The van der Waals surface area contributed by atoms with Crippen LogP contribution in [0.3, 0.4) is 0 Å². The van der Waals surface area contributed by atoms with Crippen LogP contribution in [0.4, 0.5) is 5.69 Å². The van der Waals surface area contributed by atoms with Crippen molar-refractivity contribution in [3.05, 3.63) is 60.2 Å². The third kappa shape index (κ3) is 5.51. The number of nitrogens with zero attached hydrogens (tertiary/aromatic N) is 1. The standard InChI is InChI=1S/C23H29N3O4S/c1-3-17(2)24-23(28)20-13-7-8-14-21(20)25-22(27)18-10-9-15-26(16-18)31(29,30)19-11-5-4-6-12-19/h4-8,11-14,17-18H,3,9-10,15-16H2,1-2H3,(H,24,28)(H,25,27)/t17-,18-/m1/s1. The van der Waals surface area contributed by atoms with Crippen molar-refractivity contribution in [3.63, 3.8) is 0 Å². The highest BCUT2D eigenvalue weighted by molar-refractivity contribution is 7.89. The van der Waals surface area contributed by atoms with E-state index in [1.807, 2.05) is 13.8 Å². The van der Waals surface area contributed by atoms with E-state index in [0.717, 1.165) is 6.42 Å². The summed E-state index contributed by atoms with van der Waals surface area (Å²) in [5.41, 5.74) is 0.817. The number of carbonyl (C=O) groups excluding carboxylic acids is 2. The van der Waals surface area contributed by atoms with Crippen molar-refractivity contribution in [2.45, 2.75) is 44.0 Å². The molecule has 1 saturated heterocycles. The van der Waals surface area contributed by atoms with Gasteiger partial charge in [0.15, 0.2) is 0 Å². The zero-order valence-electron chi connectivity index (χ0n) is 17.9. The van der Waals surface area contributed by atoms with Gasteiger partial charge in [-0.2, -0.15) is 4.31 Å². The second-order valence-electron chi connectivity index (χ2n) is 7.83. The average Bonchev–Trinajstić information content (AvgIpc) is 2.80. The summed E-state index contributed by atoms with van der Waals surface area (Å²) in [6, 6.07) is 15.1. The summed E-state index contributed by atoms with van der Waals surface area (Å²) in [6.45, 7) is 4.40. The minimum Gasteiger partial charge on any atom is -0.350 e.